The summed E-state index contributed by atoms with van der Waals surface area (Å²) in [6.07, 6.45) is 0.274. The molecule has 0 aromatic heterocycles. The molecular formula is C31H37ClFN3O4S. The third-order valence-corrected chi connectivity index (χ3v) is 8.49. The van der Waals surface area contributed by atoms with Gasteiger partial charge in [-0.15, -0.1) is 0 Å². The first-order valence-electron chi connectivity index (χ1n) is 13.3. The van der Waals surface area contributed by atoms with Crippen molar-refractivity contribution in [3.63, 3.8) is 0 Å². The minimum Gasteiger partial charge on any atom is -0.350 e. The standard InChI is InChI=1S/C31H37ClFN3O4S/c1-7-27(30(38)34-31(4,5)6)35(19-23-11-14-25(33)15-12-23)29(37)20-36(28-18-24(32)13-10-22(28)3)41(39,40)26-16-8-21(2)9-17-26/h8-18,27H,7,19-20H2,1-6H3,(H,34,38)/t27-/m0/s1. The molecule has 0 unspecified atom stereocenters. The van der Waals surface area contributed by atoms with E-state index in [0.717, 1.165) is 9.87 Å². The van der Waals surface area contributed by atoms with Gasteiger partial charge in [0, 0.05) is 17.1 Å². The number of halogens is 2. The second-order valence-electron chi connectivity index (χ2n) is 11.1. The van der Waals surface area contributed by atoms with Crippen LogP contribution in [0.2, 0.25) is 5.02 Å². The maximum atomic E-state index is 14.1. The molecule has 1 atom stereocenters. The van der Waals surface area contributed by atoms with Gasteiger partial charge in [0.15, 0.2) is 0 Å². The van der Waals surface area contributed by atoms with E-state index in [1.54, 1.807) is 38.1 Å². The summed E-state index contributed by atoms with van der Waals surface area (Å²) in [5, 5.41) is 3.23. The van der Waals surface area contributed by atoms with Gasteiger partial charge in [-0.3, -0.25) is 13.9 Å². The first kappa shape index (κ1) is 32.1. The summed E-state index contributed by atoms with van der Waals surface area (Å²) in [7, 11) is -4.22. The number of amides is 2. The van der Waals surface area contributed by atoms with Crippen molar-refractivity contribution < 1.29 is 22.4 Å². The van der Waals surface area contributed by atoms with E-state index in [0.29, 0.717) is 16.1 Å². The zero-order chi connectivity index (χ0) is 30.5. The average molecular weight is 602 g/mol. The lowest BCUT2D eigenvalue weighted by Crippen LogP contribution is -2.55. The second kappa shape index (κ2) is 13.0. The average Bonchev–Trinajstić information content (AvgIpc) is 2.89. The van der Waals surface area contributed by atoms with Crippen LogP contribution < -0.4 is 9.62 Å². The number of nitrogens with zero attached hydrogens (tertiary/aromatic N) is 2. The molecule has 3 aromatic carbocycles. The summed E-state index contributed by atoms with van der Waals surface area (Å²) >= 11 is 6.27. The summed E-state index contributed by atoms with van der Waals surface area (Å²) in [6, 6.07) is 15.9. The van der Waals surface area contributed by atoms with Crippen LogP contribution in [0.3, 0.4) is 0 Å². The van der Waals surface area contributed by atoms with Gasteiger partial charge < -0.3 is 10.2 Å². The van der Waals surface area contributed by atoms with Gasteiger partial charge in [-0.05, 0) is 88.6 Å². The van der Waals surface area contributed by atoms with Crippen LogP contribution in [0.15, 0.2) is 71.6 Å². The van der Waals surface area contributed by atoms with Crippen LogP contribution in [0, 0.1) is 19.7 Å². The first-order chi connectivity index (χ1) is 19.1. The number of benzene rings is 3. The minimum absolute atomic E-state index is 0.0119. The molecule has 2 amide bonds. The van der Waals surface area contributed by atoms with Gasteiger partial charge in [-0.1, -0.05) is 54.4 Å². The van der Waals surface area contributed by atoms with Crippen LogP contribution in [-0.4, -0.2) is 43.3 Å². The van der Waals surface area contributed by atoms with Crippen LogP contribution in [0.5, 0.6) is 0 Å². The predicted octanol–water partition coefficient (Wildman–Crippen LogP) is 6.01. The lowest BCUT2D eigenvalue weighted by molar-refractivity contribution is -0.141. The van der Waals surface area contributed by atoms with Crippen LogP contribution in [-0.2, 0) is 26.2 Å². The zero-order valence-electron chi connectivity index (χ0n) is 24.2. The maximum absolute atomic E-state index is 14.1. The Morgan fingerprint density at radius 2 is 1.59 bits per heavy atom. The fourth-order valence-electron chi connectivity index (χ4n) is 4.36. The van der Waals surface area contributed by atoms with E-state index in [9.17, 15) is 22.4 Å². The smallest absolute Gasteiger partial charge is 0.264 e. The number of carbonyl (C=O) groups is 2. The number of aryl methyl sites for hydroxylation is 2. The molecule has 0 aliphatic carbocycles. The fourth-order valence-corrected chi connectivity index (χ4v) is 6.00. The van der Waals surface area contributed by atoms with Gasteiger partial charge in [0.05, 0.1) is 10.6 Å². The Labute approximate surface area is 247 Å². The Balaban J connectivity index is 2.11. The number of rotatable bonds is 10. The molecule has 0 heterocycles. The molecule has 0 aliphatic rings. The summed E-state index contributed by atoms with van der Waals surface area (Å²) in [6.45, 7) is 10.2. The van der Waals surface area contributed by atoms with Crippen molar-refractivity contribution >= 4 is 39.1 Å². The summed E-state index contributed by atoms with van der Waals surface area (Å²) in [4.78, 5) is 28.9. The zero-order valence-corrected chi connectivity index (χ0v) is 25.8. The SMILES string of the molecule is CC[C@@H](C(=O)NC(C)(C)C)N(Cc1ccc(F)cc1)C(=O)CN(c1cc(Cl)ccc1C)S(=O)(=O)c1ccc(C)cc1. The van der Waals surface area contributed by atoms with Gasteiger partial charge in [0.1, 0.15) is 18.4 Å². The highest BCUT2D eigenvalue weighted by Crippen LogP contribution is 2.30. The van der Waals surface area contributed by atoms with E-state index in [2.05, 4.69) is 5.32 Å². The molecule has 3 aromatic rings. The van der Waals surface area contributed by atoms with Crippen molar-refractivity contribution in [3.8, 4) is 0 Å². The quantitative estimate of drug-likeness (QED) is 0.308. The maximum Gasteiger partial charge on any atom is 0.264 e. The highest BCUT2D eigenvalue weighted by atomic mass is 35.5. The van der Waals surface area contributed by atoms with Crippen molar-refractivity contribution in [3.05, 3.63) is 94.3 Å². The van der Waals surface area contributed by atoms with Gasteiger partial charge in [0.2, 0.25) is 11.8 Å². The Morgan fingerprint density at radius 3 is 2.15 bits per heavy atom. The summed E-state index contributed by atoms with van der Waals surface area (Å²) in [5.74, 6) is -1.40. The number of sulfonamides is 1. The van der Waals surface area contributed by atoms with E-state index >= 15 is 0 Å². The van der Waals surface area contributed by atoms with Crippen LogP contribution in [0.25, 0.3) is 0 Å². The molecule has 10 heteroatoms. The molecule has 0 saturated heterocycles. The topological polar surface area (TPSA) is 86.8 Å². The molecule has 0 radical (unpaired) electrons. The molecule has 3 rings (SSSR count). The lowest BCUT2D eigenvalue weighted by Gasteiger charge is -2.35. The van der Waals surface area contributed by atoms with Gasteiger partial charge in [-0.2, -0.15) is 0 Å². The summed E-state index contributed by atoms with van der Waals surface area (Å²) in [5.41, 5.74) is 1.76. The molecule has 0 spiro atoms. The molecule has 0 saturated carbocycles. The van der Waals surface area contributed by atoms with Crippen molar-refractivity contribution in [2.75, 3.05) is 10.8 Å². The Kier molecular flexibility index (Phi) is 10.2. The molecule has 0 aliphatic heterocycles. The highest BCUT2D eigenvalue weighted by molar-refractivity contribution is 7.92. The molecular weight excluding hydrogens is 565 g/mol. The summed E-state index contributed by atoms with van der Waals surface area (Å²) < 4.78 is 42.7. The van der Waals surface area contributed by atoms with Crippen molar-refractivity contribution in [1.29, 1.82) is 0 Å². The number of anilines is 1. The third kappa shape index (κ3) is 8.30. The molecule has 220 valence electrons. The second-order valence-corrected chi connectivity index (χ2v) is 13.4. The van der Waals surface area contributed by atoms with Crippen molar-refractivity contribution in [1.82, 2.24) is 10.2 Å². The van der Waals surface area contributed by atoms with Gasteiger partial charge in [-0.25, -0.2) is 12.8 Å². The minimum atomic E-state index is -4.22. The largest absolute Gasteiger partial charge is 0.350 e. The van der Waals surface area contributed by atoms with Gasteiger partial charge >= 0.3 is 0 Å². The molecule has 7 nitrogen and oxygen atoms in total. The Hall–Kier alpha value is -3.43. The number of hydrogen-bond acceptors (Lipinski definition) is 4. The fraction of sp³-hybridized carbons (Fsp3) is 0.355. The molecule has 0 bridgehead atoms. The van der Waals surface area contributed by atoms with E-state index in [-0.39, 0.29) is 29.5 Å². The van der Waals surface area contributed by atoms with E-state index < -0.39 is 39.9 Å². The van der Waals surface area contributed by atoms with Crippen LogP contribution in [0.4, 0.5) is 10.1 Å². The number of hydrogen-bond donors (Lipinski definition) is 1. The van der Waals surface area contributed by atoms with E-state index in [1.165, 1.54) is 47.4 Å². The normalized spacial score (nSPS) is 12.5. The Bertz CT molecular complexity index is 1490. The highest BCUT2D eigenvalue weighted by Gasteiger charge is 2.35. The monoisotopic (exact) mass is 601 g/mol. The van der Waals surface area contributed by atoms with Crippen molar-refractivity contribution in [2.24, 2.45) is 0 Å². The van der Waals surface area contributed by atoms with Gasteiger partial charge in [0.25, 0.3) is 10.0 Å². The number of nitrogens with one attached hydrogen (secondary N) is 1. The lowest BCUT2D eigenvalue weighted by atomic mass is 10.1. The molecule has 41 heavy (non-hydrogen) atoms. The predicted molar refractivity (Wildman–Crippen MR) is 161 cm³/mol. The molecule has 1 N–H and O–H groups in total. The van der Waals surface area contributed by atoms with Crippen LogP contribution >= 0.6 is 11.6 Å². The first-order valence-corrected chi connectivity index (χ1v) is 15.2. The van der Waals surface area contributed by atoms with E-state index in [4.69, 9.17) is 11.6 Å². The van der Waals surface area contributed by atoms with Crippen LogP contribution in [0.1, 0.15) is 50.8 Å². The number of carbonyl (C=O) groups excluding carboxylic acids is 2. The van der Waals surface area contributed by atoms with Crippen molar-refractivity contribution in [2.45, 2.75) is 71.0 Å². The third-order valence-electron chi connectivity index (χ3n) is 6.48. The Morgan fingerprint density at radius 1 is 0.976 bits per heavy atom. The molecule has 0 fully saturated rings. The van der Waals surface area contributed by atoms with E-state index in [1.807, 2.05) is 27.7 Å².